The summed E-state index contributed by atoms with van der Waals surface area (Å²) in [5.74, 6) is 0. The van der Waals surface area contributed by atoms with Crippen LogP contribution in [-0.2, 0) is 4.74 Å². The van der Waals surface area contributed by atoms with E-state index in [2.05, 4.69) is 49.9 Å². The third-order valence-electron chi connectivity index (χ3n) is 2.55. The van der Waals surface area contributed by atoms with Gasteiger partial charge in [-0.25, -0.2) is 0 Å². The van der Waals surface area contributed by atoms with Crippen molar-refractivity contribution in [2.75, 3.05) is 18.6 Å². The summed E-state index contributed by atoms with van der Waals surface area (Å²) in [5.41, 5.74) is 2.54. The van der Waals surface area contributed by atoms with Gasteiger partial charge < -0.3 is 9.64 Å². The summed E-state index contributed by atoms with van der Waals surface area (Å²) in [7, 11) is 1.74. The highest BCUT2D eigenvalue weighted by atomic mass is 16.5. The zero-order chi connectivity index (χ0) is 10.6. The second kappa shape index (κ2) is 5.01. The molecule has 1 unspecified atom stereocenters. The first-order valence-electron chi connectivity index (χ1n) is 5.05. The Kier molecular flexibility index (Phi) is 3.96. The van der Waals surface area contributed by atoms with E-state index in [0.29, 0.717) is 0 Å². The fourth-order valence-corrected chi connectivity index (χ4v) is 1.64. The molecule has 1 atom stereocenters. The maximum Gasteiger partial charge on any atom is 0.126 e. The van der Waals surface area contributed by atoms with Gasteiger partial charge in [-0.05, 0) is 32.4 Å². The van der Waals surface area contributed by atoms with Crippen LogP contribution in [-0.4, -0.2) is 19.9 Å². The van der Waals surface area contributed by atoms with Crippen molar-refractivity contribution in [3.05, 3.63) is 29.8 Å². The number of nitrogens with zero attached hydrogens (tertiary/aromatic N) is 1. The summed E-state index contributed by atoms with van der Waals surface area (Å²) in [4.78, 5) is 2.25. The molecule has 78 valence electrons. The molecule has 1 rings (SSSR count). The summed E-state index contributed by atoms with van der Waals surface area (Å²) in [5, 5.41) is 0. The Labute approximate surface area is 86.5 Å². The number of hydrogen-bond acceptors (Lipinski definition) is 2. The lowest BCUT2D eigenvalue weighted by molar-refractivity contribution is 0.115. The van der Waals surface area contributed by atoms with Crippen LogP contribution in [0, 0.1) is 6.92 Å². The highest BCUT2D eigenvalue weighted by Crippen LogP contribution is 2.21. The molecule has 0 radical (unpaired) electrons. The van der Waals surface area contributed by atoms with Crippen molar-refractivity contribution in [3.8, 4) is 0 Å². The lowest BCUT2D eigenvalue weighted by Gasteiger charge is -2.30. The highest BCUT2D eigenvalue weighted by molar-refractivity contribution is 5.53. The number of rotatable bonds is 4. The average molecular weight is 193 g/mol. The molecule has 2 heteroatoms. The SMILES string of the molecule is CCN(c1ccccc1C)C(C)OC. The molecule has 0 spiro atoms. The van der Waals surface area contributed by atoms with E-state index in [1.165, 1.54) is 11.3 Å². The zero-order valence-electron chi connectivity index (χ0n) is 9.45. The van der Waals surface area contributed by atoms with Crippen molar-refractivity contribution in [1.29, 1.82) is 0 Å². The predicted molar refractivity (Wildman–Crippen MR) is 60.7 cm³/mol. The molecule has 0 saturated carbocycles. The Balaban J connectivity index is 2.94. The van der Waals surface area contributed by atoms with E-state index < -0.39 is 0 Å². The number of ether oxygens (including phenoxy) is 1. The Bertz CT molecular complexity index is 285. The number of anilines is 1. The molecule has 0 saturated heterocycles. The van der Waals surface area contributed by atoms with Gasteiger partial charge in [0.2, 0.25) is 0 Å². The van der Waals surface area contributed by atoms with Gasteiger partial charge in [0.15, 0.2) is 0 Å². The van der Waals surface area contributed by atoms with Crippen molar-refractivity contribution in [3.63, 3.8) is 0 Å². The molecule has 2 nitrogen and oxygen atoms in total. The second-order valence-electron chi connectivity index (χ2n) is 3.41. The zero-order valence-corrected chi connectivity index (χ0v) is 9.45. The smallest absolute Gasteiger partial charge is 0.126 e. The number of hydrogen-bond donors (Lipinski definition) is 0. The fraction of sp³-hybridized carbons (Fsp3) is 0.500. The maximum atomic E-state index is 5.34. The van der Waals surface area contributed by atoms with Crippen molar-refractivity contribution < 1.29 is 4.74 Å². The number of para-hydroxylation sites is 1. The van der Waals surface area contributed by atoms with Gasteiger partial charge in [-0.15, -0.1) is 0 Å². The molecule has 0 N–H and O–H groups in total. The van der Waals surface area contributed by atoms with Crippen LogP contribution in [0.15, 0.2) is 24.3 Å². The van der Waals surface area contributed by atoms with Crippen molar-refractivity contribution >= 4 is 5.69 Å². The minimum Gasteiger partial charge on any atom is -0.362 e. The van der Waals surface area contributed by atoms with Crippen LogP contribution in [0.1, 0.15) is 19.4 Å². The van der Waals surface area contributed by atoms with Crippen LogP contribution in [0.2, 0.25) is 0 Å². The molecule has 0 aliphatic heterocycles. The first-order valence-corrected chi connectivity index (χ1v) is 5.05. The van der Waals surface area contributed by atoms with Gasteiger partial charge in [0.1, 0.15) is 6.23 Å². The minimum atomic E-state index is 0.126. The van der Waals surface area contributed by atoms with E-state index in [0.717, 1.165) is 6.54 Å². The molecule has 0 amide bonds. The topological polar surface area (TPSA) is 12.5 Å². The Morgan fingerprint density at radius 2 is 2.00 bits per heavy atom. The predicted octanol–water partition coefficient (Wildman–Crippen LogP) is 2.81. The van der Waals surface area contributed by atoms with Crippen molar-refractivity contribution in [1.82, 2.24) is 0 Å². The quantitative estimate of drug-likeness (QED) is 0.682. The van der Waals surface area contributed by atoms with E-state index >= 15 is 0 Å². The van der Waals surface area contributed by atoms with Crippen LogP contribution in [0.25, 0.3) is 0 Å². The van der Waals surface area contributed by atoms with Crippen LogP contribution in [0.4, 0.5) is 5.69 Å². The number of benzene rings is 1. The van der Waals surface area contributed by atoms with E-state index in [-0.39, 0.29) is 6.23 Å². The lowest BCUT2D eigenvalue weighted by Crippen LogP contribution is -2.34. The maximum absolute atomic E-state index is 5.34. The molecule has 1 aromatic carbocycles. The van der Waals surface area contributed by atoms with Gasteiger partial charge >= 0.3 is 0 Å². The summed E-state index contributed by atoms with van der Waals surface area (Å²) in [6, 6.07) is 8.38. The molecular formula is C12H19NO. The molecule has 0 fully saturated rings. The van der Waals surface area contributed by atoms with Crippen LogP contribution in [0.3, 0.4) is 0 Å². The Hall–Kier alpha value is -1.02. The van der Waals surface area contributed by atoms with E-state index in [1.807, 2.05) is 0 Å². The highest BCUT2D eigenvalue weighted by Gasteiger charge is 2.12. The Morgan fingerprint density at radius 3 is 2.50 bits per heavy atom. The minimum absolute atomic E-state index is 0.126. The van der Waals surface area contributed by atoms with Gasteiger partial charge in [0.25, 0.3) is 0 Å². The van der Waals surface area contributed by atoms with Gasteiger partial charge in [-0.3, -0.25) is 0 Å². The number of methoxy groups -OCH3 is 1. The van der Waals surface area contributed by atoms with E-state index in [9.17, 15) is 0 Å². The molecule has 0 bridgehead atoms. The monoisotopic (exact) mass is 193 g/mol. The first-order chi connectivity index (χ1) is 6.70. The molecule has 0 aliphatic carbocycles. The van der Waals surface area contributed by atoms with Crippen LogP contribution >= 0.6 is 0 Å². The molecule has 0 aromatic heterocycles. The van der Waals surface area contributed by atoms with Crippen LogP contribution in [0.5, 0.6) is 0 Å². The fourth-order valence-electron chi connectivity index (χ4n) is 1.64. The molecule has 0 aliphatic rings. The largest absolute Gasteiger partial charge is 0.362 e. The van der Waals surface area contributed by atoms with Gasteiger partial charge in [0.05, 0.1) is 0 Å². The summed E-state index contributed by atoms with van der Waals surface area (Å²) >= 11 is 0. The summed E-state index contributed by atoms with van der Waals surface area (Å²) in [6.45, 7) is 7.29. The molecule has 1 aromatic rings. The van der Waals surface area contributed by atoms with Crippen LogP contribution < -0.4 is 4.90 Å². The summed E-state index contributed by atoms with van der Waals surface area (Å²) < 4.78 is 5.34. The number of aryl methyl sites for hydroxylation is 1. The first kappa shape index (κ1) is 11.1. The summed E-state index contributed by atoms with van der Waals surface area (Å²) in [6.07, 6.45) is 0.126. The van der Waals surface area contributed by atoms with Crippen molar-refractivity contribution in [2.45, 2.75) is 27.0 Å². The average Bonchev–Trinajstić information content (AvgIpc) is 2.21. The van der Waals surface area contributed by atoms with Gasteiger partial charge in [-0.2, -0.15) is 0 Å². The van der Waals surface area contributed by atoms with E-state index in [1.54, 1.807) is 7.11 Å². The third-order valence-corrected chi connectivity index (χ3v) is 2.55. The second-order valence-corrected chi connectivity index (χ2v) is 3.41. The Morgan fingerprint density at radius 1 is 1.36 bits per heavy atom. The standard InChI is InChI=1S/C12H19NO/c1-5-13(11(3)14-4)12-9-7-6-8-10(12)2/h6-9,11H,5H2,1-4H3. The van der Waals surface area contributed by atoms with Crippen molar-refractivity contribution in [2.24, 2.45) is 0 Å². The molecule has 14 heavy (non-hydrogen) atoms. The third kappa shape index (κ3) is 2.26. The molecular weight excluding hydrogens is 174 g/mol. The molecule has 0 heterocycles. The van der Waals surface area contributed by atoms with Gasteiger partial charge in [-0.1, -0.05) is 18.2 Å². The normalized spacial score (nSPS) is 12.6. The van der Waals surface area contributed by atoms with Gasteiger partial charge in [0, 0.05) is 19.3 Å². The van der Waals surface area contributed by atoms with E-state index in [4.69, 9.17) is 4.74 Å². The lowest BCUT2D eigenvalue weighted by atomic mass is 10.2.